The SMILES string of the molecule is Cc1nc(-c2ccc(N3CC(CN4CCN(S(=O)(=O)c5ccc(F)c(F)c5)CC4)OC3C=O)cc2)no1. The van der Waals surface area contributed by atoms with Crippen LogP contribution in [0.1, 0.15) is 5.89 Å². The first-order valence-corrected chi connectivity index (χ1v) is 13.1. The molecule has 0 amide bonds. The Labute approximate surface area is 212 Å². The van der Waals surface area contributed by atoms with Gasteiger partial charge in [-0.3, -0.25) is 9.69 Å². The molecule has 0 spiro atoms. The molecule has 10 nitrogen and oxygen atoms in total. The van der Waals surface area contributed by atoms with Crippen molar-refractivity contribution in [1.29, 1.82) is 0 Å². The number of halogens is 2. The van der Waals surface area contributed by atoms with Crippen LogP contribution in [-0.2, 0) is 19.6 Å². The summed E-state index contributed by atoms with van der Waals surface area (Å²) in [5, 5.41) is 3.91. The van der Waals surface area contributed by atoms with E-state index in [0.29, 0.717) is 44.0 Å². The zero-order valence-corrected chi connectivity index (χ0v) is 20.8. The van der Waals surface area contributed by atoms with E-state index in [4.69, 9.17) is 9.26 Å². The lowest BCUT2D eigenvalue weighted by Gasteiger charge is -2.34. The number of ether oxygens (including phenoxy) is 1. The molecule has 2 aromatic carbocycles. The van der Waals surface area contributed by atoms with Gasteiger partial charge in [0.2, 0.25) is 21.7 Å². The van der Waals surface area contributed by atoms with E-state index in [-0.39, 0.29) is 24.1 Å². The quantitative estimate of drug-likeness (QED) is 0.422. The number of carbonyl (C=O) groups is 1. The first-order valence-electron chi connectivity index (χ1n) is 11.7. The van der Waals surface area contributed by atoms with Crippen molar-refractivity contribution in [2.45, 2.75) is 24.2 Å². The number of nitrogens with zero attached hydrogens (tertiary/aromatic N) is 5. The summed E-state index contributed by atoms with van der Waals surface area (Å²) in [7, 11) is -3.93. The van der Waals surface area contributed by atoms with Crippen LogP contribution in [-0.4, -0.2) is 85.7 Å². The molecule has 0 N–H and O–H groups in total. The molecule has 2 atom stereocenters. The summed E-state index contributed by atoms with van der Waals surface area (Å²) in [5.41, 5.74) is 1.60. The minimum atomic E-state index is -3.93. The van der Waals surface area contributed by atoms with E-state index in [1.807, 2.05) is 29.2 Å². The lowest BCUT2D eigenvalue weighted by molar-refractivity contribution is -0.117. The molecular formula is C24H25F2N5O5S. The number of benzene rings is 2. The topological polar surface area (TPSA) is 109 Å². The van der Waals surface area contributed by atoms with E-state index in [9.17, 15) is 22.0 Å². The smallest absolute Gasteiger partial charge is 0.243 e. The van der Waals surface area contributed by atoms with Crippen molar-refractivity contribution >= 4 is 22.0 Å². The number of carbonyl (C=O) groups excluding carboxylic acids is 1. The van der Waals surface area contributed by atoms with Crippen LogP contribution in [0.15, 0.2) is 51.9 Å². The summed E-state index contributed by atoms with van der Waals surface area (Å²) in [4.78, 5) is 19.6. The molecule has 2 saturated heterocycles. The van der Waals surface area contributed by atoms with Crippen LogP contribution in [0.5, 0.6) is 0 Å². The molecule has 196 valence electrons. The number of aryl methyl sites for hydroxylation is 1. The molecule has 1 aromatic heterocycles. The minimum Gasteiger partial charge on any atom is -0.345 e. The van der Waals surface area contributed by atoms with E-state index in [0.717, 1.165) is 29.7 Å². The van der Waals surface area contributed by atoms with Crippen LogP contribution < -0.4 is 4.90 Å². The lowest BCUT2D eigenvalue weighted by Crippen LogP contribution is -2.50. The van der Waals surface area contributed by atoms with Crippen molar-refractivity contribution in [2.24, 2.45) is 0 Å². The highest BCUT2D eigenvalue weighted by atomic mass is 32.2. The molecule has 3 aromatic rings. The Morgan fingerprint density at radius 3 is 2.41 bits per heavy atom. The molecule has 3 heterocycles. The summed E-state index contributed by atoms with van der Waals surface area (Å²) in [6.45, 7) is 3.99. The predicted octanol–water partition coefficient (Wildman–Crippen LogP) is 2.06. The van der Waals surface area contributed by atoms with E-state index in [1.54, 1.807) is 6.92 Å². The first-order chi connectivity index (χ1) is 17.7. The zero-order valence-electron chi connectivity index (χ0n) is 20.0. The Bertz CT molecular complexity index is 1380. The molecule has 2 fully saturated rings. The monoisotopic (exact) mass is 533 g/mol. The Kier molecular flexibility index (Phi) is 7.03. The van der Waals surface area contributed by atoms with Crippen LogP contribution in [0.2, 0.25) is 0 Å². The Morgan fingerprint density at radius 1 is 1.05 bits per heavy atom. The number of anilines is 1. The number of aldehydes is 1. The fourth-order valence-electron chi connectivity index (χ4n) is 4.54. The van der Waals surface area contributed by atoms with Gasteiger partial charge in [0.15, 0.2) is 24.1 Å². The Morgan fingerprint density at radius 2 is 1.78 bits per heavy atom. The van der Waals surface area contributed by atoms with Crippen molar-refractivity contribution in [3.8, 4) is 11.4 Å². The summed E-state index contributed by atoms with van der Waals surface area (Å²) < 4.78 is 64.7. The number of aromatic nitrogens is 2. The summed E-state index contributed by atoms with van der Waals surface area (Å²) in [6, 6.07) is 10.0. The maximum Gasteiger partial charge on any atom is 0.243 e. The molecule has 37 heavy (non-hydrogen) atoms. The fourth-order valence-corrected chi connectivity index (χ4v) is 5.98. The predicted molar refractivity (Wildman–Crippen MR) is 128 cm³/mol. The van der Waals surface area contributed by atoms with Crippen molar-refractivity contribution in [1.82, 2.24) is 19.3 Å². The molecular weight excluding hydrogens is 508 g/mol. The van der Waals surface area contributed by atoms with Crippen LogP contribution >= 0.6 is 0 Å². The van der Waals surface area contributed by atoms with Gasteiger partial charge in [-0.05, 0) is 42.5 Å². The minimum absolute atomic E-state index is 0.200. The molecule has 2 unspecified atom stereocenters. The summed E-state index contributed by atoms with van der Waals surface area (Å²) in [6.07, 6.45) is -0.245. The Hall–Kier alpha value is -3.26. The molecule has 0 radical (unpaired) electrons. The van der Waals surface area contributed by atoms with Crippen molar-refractivity contribution in [2.75, 3.05) is 44.2 Å². The van der Waals surface area contributed by atoms with Gasteiger partial charge in [-0.2, -0.15) is 9.29 Å². The van der Waals surface area contributed by atoms with Gasteiger partial charge in [-0.15, -0.1) is 0 Å². The summed E-state index contributed by atoms with van der Waals surface area (Å²) in [5.74, 6) is -1.34. The Balaban J connectivity index is 1.18. The molecule has 5 rings (SSSR count). The van der Waals surface area contributed by atoms with Gasteiger partial charge in [0, 0.05) is 57.4 Å². The third-order valence-electron chi connectivity index (χ3n) is 6.46. The molecule has 0 aliphatic carbocycles. The molecule has 2 aliphatic rings. The van der Waals surface area contributed by atoms with Crippen LogP contribution in [0.3, 0.4) is 0 Å². The highest BCUT2D eigenvalue weighted by Crippen LogP contribution is 2.27. The molecule has 0 saturated carbocycles. The van der Waals surface area contributed by atoms with Crippen LogP contribution in [0, 0.1) is 18.6 Å². The van der Waals surface area contributed by atoms with Crippen LogP contribution in [0.4, 0.5) is 14.5 Å². The number of rotatable bonds is 7. The second kappa shape index (κ2) is 10.2. The lowest BCUT2D eigenvalue weighted by atomic mass is 10.1. The van der Waals surface area contributed by atoms with E-state index in [2.05, 4.69) is 15.0 Å². The third-order valence-corrected chi connectivity index (χ3v) is 8.36. The average Bonchev–Trinajstić information content (AvgIpc) is 3.52. The number of hydrogen-bond donors (Lipinski definition) is 0. The van der Waals surface area contributed by atoms with Crippen molar-refractivity contribution < 1.29 is 31.3 Å². The number of hydrogen-bond acceptors (Lipinski definition) is 9. The van der Waals surface area contributed by atoms with Gasteiger partial charge in [0.25, 0.3) is 0 Å². The van der Waals surface area contributed by atoms with Gasteiger partial charge < -0.3 is 14.2 Å². The second-order valence-corrected chi connectivity index (χ2v) is 10.8. The average molecular weight is 534 g/mol. The van der Waals surface area contributed by atoms with Gasteiger partial charge in [0.05, 0.1) is 11.0 Å². The third kappa shape index (κ3) is 5.25. The van der Waals surface area contributed by atoms with Gasteiger partial charge >= 0.3 is 0 Å². The summed E-state index contributed by atoms with van der Waals surface area (Å²) >= 11 is 0. The van der Waals surface area contributed by atoms with Gasteiger partial charge in [-0.25, -0.2) is 17.2 Å². The van der Waals surface area contributed by atoms with Crippen LogP contribution in [0.25, 0.3) is 11.4 Å². The zero-order chi connectivity index (χ0) is 26.2. The second-order valence-electron chi connectivity index (χ2n) is 8.90. The highest BCUT2D eigenvalue weighted by molar-refractivity contribution is 7.89. The first kappa shape index (κ1) is 25.4. The normalized spacial score (nSPS) is 21.4. The van der Waals surface area contributed by atoms with Crippen molar-refractivity contribution in [3.05, 3.63) is 60.0 Å². The van der Waals surface area contributed by atoms with Crippen molar-refractivity contribution in [3.63, 3.8) is 0 Å². The molecule has 13 heteroatoms. The fraction of sp³-hybridized carbons (Fsp3) is 0.375. The molecule has 2 aliphatic heterocycles. The van der Waals surface area contributed by atoms with E-state index in [1.165, 1.54) is 4.31 Å². The van der Waals surface area contributed by atoms with Gasteiger partial charge in [-0.1, -0.05) is 5.16 Å². The largest absolute Gasteiger partial charge is 0.345 e. The molecule has 0 bridgehead atoms. The highest BCUT2D eigenvalue weighted by Gasteiger charge is 2.36. The number of sulfonamides is 1. The van der Waals surface area contributed by atoms with Gasteiger partial charge in [0.1, 0.15) is 0 Å². The standard InChI is InChI=1S/C24H25F2N5O5S/c1-16-27-24(28-36-16)17-2-4-18(5-3-17)31-14-19(35-23(31)15-32)13-29-8-10-30(11-9-29)37(33,34)20-6-7-21(25)22(26)12-20/h2-7,12,15,19,23H,8-11,13-14H2,1H3. The van der Waals surface area contributed by atoms with E-state index < -0.39 is 27.9 Å². The van der Waals surface area contributed by atoms with E-state index >= 15 is 0 Å². The number of piperazine rings is 1. The maximum absolute atomic E-state index is 13.6. The maximum atomic E-state index is 13.6.